The van der Waals surface area contributed by atoms with E-state index in [-0.39, 0.29) is 29.5 Å². The van der Waals surface area contributed by atoms with E-state index in [1.54, 1.807) is 0 Å². The molecular weight excluding hydrogens is 228 g/mol. The van der Waals surface area contributed by atoms with Crippen LogP contribution in [0, 0.1) is 11.3 Å². The molecule has 18 heavy (non-hydrogen) atoms. The zero-order valence-corrected chi connectivity index (χ0v) is 11.0. The first-order chi connectivity index (χ1) is 8.40. The standard InChI is InChI=1S/C15H20O3/c1-8-4-10(16)6-15(3)7-13-11(5-12(8)15)9(2)14(17)18-13/h10-11,13,16H,2,4-7H2,1,3H3/t10-,11+,13+,15+/m0/s1. The van der Waals surface area contributed by atoms with E-state index >= 15 is 0 Å². The van der Waals surface area contributed by atoms with Crippen LogP contribution >= 0.6 is 0 Å². The number of hydrogen-bond acceptors (Lipinski definition) is 3. The molecule has 0 aromatic heterocycles. The summed E-state index contributed by atoms with van der Waals surface area (Å²) in [6.45, 7) is 8.17. The van der Waals surface area contributed by atoms with Gasteiger partial charge in [0, 0.05) is 11.5 Å². The topological polar surface area (TPSA) is 46.5 Å². The molecule has 0 aromatic carbocycles. The average Bonchev–Trinajstić information content (AvgIpc) is 2.50. The van der Waals surface area contributed by atoms with Crippen molar-refractivity contribution in [3.05, 3.63) is 23.3 Å². The Kier molecular flexibility index (Phi) is 2.46. The molecule has 1 saturated carbocycles. The van der Waals surface area contributed by atoms with Crippen LogP contribution in [0.3, 0.4) is 0 Å². The molecule has 3 aliphatic rings. The fraction of sp³-hybridized carbons (Fsp3) is 0.667. The van der Waals surface area contributed by atoms with E-state index in [0.29, 0.717) is 5.57 Å². The first-order valence-electron chi connectivity index (χ1n) is 6.67. The van der Waals surface area contributed by atoms with Crippen molar-refractivity contribution in [2.45, 2.75) is 51.7 Å². The SMILES string of the molecule is C=C1C(=O)O[C@@H]2C[C@@]3(C)C[C@@H](O)CC(C)=C3C[C@H]12. The summed E-state index contributed by atoms with van der Waals surface area (Å²) in [7, 11) is 0. The number of carbonyl (C=O) groups excluding carboxylic acids is 1. The van der Waals surface area contributed by atoms with Crippen LogP contribution < -0.4 is 0 Å². The van der Waals surface area contributed by atoms with Crippen molar-refractivity contribution < 1.29 is 14.6 Å². The van der Waals surface area contributed by atoms with Crippen LogP contribution in [0.1, 0.15) is 39.5 Å². The summed E-state index contributed by atoms with van der Waals surface area (Å²) in [6.07, 6.45) is 2.97. The van der Waals surface area contributed by atoms with E-state index in [1.807, 2.05) is 0 Å². The Bertz CT molecular complexity index is 462. The number of aliphatic hydroxyl groups excluding tert-OH is 1. The summed E-state index contributed by atoms with van der Waals surface area (Å²) in [4.78, 5) is 11.6. The number of fused-ring (bicyclic) bond motifs is 2. The van der Waals surface area contributed by atoms with Gasteiger partial charge in [-0.05, 0) is 38.0 Å². The van der Waals surface area contributed by atoms with E-state index in [4.69, 9.17) is 4.74 Å². The quantitative estimate of drug-likeness (QED) is 0.406. The Morgan fingerprint density at radius 3 is 2.83 bits per heavy atom. The normalized spacial score (nSPS) is 43.6. The number of hydrogen-bond donors (Lipinski definition) is 1. The second-order valence-electron chi connectivity index (χ2n) is 6.37. The van der Waals surface area contributed by atoms with Gasteiger partial charge in [0.25, 0.3) is 0 Å². The van der Waals surface area contributed by atoms with Crippen LogP contribution in [0.25, 0.3) is 0 Å². The first kappa shape index (κ1) is 12.0. The van der Waals surface area contributed by atoms with Gasteiger partial charge in [-0.25, -0.2) is 4.79 Å². The molecule has 1 N–H and O–H groups in total. The van der Waals surface area contributed by atoms with Crippen molar-refractivity contribution in [2.75, 3.05) is 0 Å². The minimum Gasteiger partial charge on any atom is -0.458 e. The predicted molar refractivity (Wildman–Crippen MR) is 67.8 cm³/mol. The maximum atomic E-state index is 11.6. The molecule has 1 saturated heterocycles. The van der Waals surface area contributed by atoms with Gasteiger partial charge >= 0.3 is 5.97 Å². The fourth-order valence-corrected chi connectivity index (χ4v) is 4.11. The lowest BCUT2D eigenvalue weighted by atomic mass is 9.60. The maximum Gasteiger partial charge on any atom is 0.334 e. The molecule has 2 aliphatic carbocycles. The van der Waals surface area contributed by atoms with E-state index in [1.165, 1.54) is 11.1 Å². The van der Waals surface area contributed by atoms with E-state index in [2.05, 4.69) is 20.4 Å². The van der Waals surface area contributed by atoms with Gasteiger partial charge in [0.15, 0.2) is 0 Å². The summed E-state index contributed by atoms with van der Waals surface area (Å²) in [5.74, 6) is -0.0724. The fourth-order valence-electron chi connectivity index (χ4n) is 4.11. The minimum atomic E-state index is -0.254. The third-order valence-corrected chi connectivity index (χ3v) is 4.96. The molecule has 4 atom stereocenters. The second kappa shape index (κ2) is 3.70. The predicted octanol–water partition coefficient (Wildman–Crippen LogP) is 2.36. The van der Waals surface area contributed by atoms with Gasteiger partial charge < -0.3 is 9.84 Å². The van der Waals surface area contributed by atoms with Gasteiger partial charge in [-0.3, -0.25) is 0 Å². The molecule has 2 fully saturated rings. The third kappa shape index (κ3) is 1.57. The third-order valence-electron chi connectivity index (χ3n) is 4.96. The van der Waals surface area contributed by atoms with Crippen LogP contribution in [0.15, 0.2) is 23.3 Å². The average molecular weight is 248 g/mol. The smallest absolute Gasteiger partial charge is 0.334 e. The number of allylic oxidation sites excluding steroid dienone is 1. The molecule has 0 aromatic rings. The molecule has 1 aliphatic heterocycles. The lowest BCUT2D eigenvalue weighted by molar-refractivity contribution is -0.140. The van der Waals surface area contributed by atoms with Crippen molar-refractivity contribution >= 4 is 5.97 Å². The molecule has 3 nitrogen and oxygen atoms in total. The molecule has 0 amide bonds. The first-order valence-corrected chi connectivity index (χ1v) is 6.67. The Morgan fingerprint density at radius 1 is 1.39 bits per heavy atom. The van der Waals surface area contributed by atoms with Crippen molar-refractivity contribution in [1.29, 1.82) is 0 Å². The summed E-state index contributed by atoms with van der Waals surface area (Å²) in [5.41, 5.74) is 3.34. The maximum absolute atomic E-state index is 11.6. The Hall–Kier alpha value is -1.09. The molecular formula is C15H20O3. The van der Waals surface area contributed by atoms with Crippen molar-refractivity contribution in [1.82, 2.24) is 0 Å². The highest BCUT2D eigenvalue weighted by atomic mass is 16.6. The summed E-state index contributed by atoms with van der Waals surface area (Å²) < 4.78 is 5.42. The zero-order valence-electron chi connectivity index (χ0n) is 11.0. The van der Waals surface area contributed by atoms with Gasteiger partial charge in [0.05, 0.1) is 6.10 Å². The van der Waals surface area contributed by atoms with Crippen molar-refractivity contribution in [2.24, 2.45) is 11.3 Å². The monoisotopic (exact) mass is 248 g/mol. The van der Waals surface area contributed by atoms with Gasteiger partial charge in [0.2, 0.25) is 0 Å². The van der Waals surface area contributed by atoms with Crippen LogP contribution in [0.2, 0.25) is 0 Å². The second-order valence-corrected chi connectivity index (χ2v) is 6.37. The van der Waals surface area contributed by atoms with Crippen molar-refractivity contribution in [3.8, 4) is 0 Å². The van der Waals surface area contributed by atoms with Crippen LogP contribution in [0.5, 0.6) is 0 Å². The summed E-state index contributed by atoms with van der Waals surface area (Å²) >= 11 is 0. The highest BCUT2D eigenvalue weighted by molar-refractivity contribution is 5.91. The molecule has 1 heterocycles. The van der Waals surface area contributed by atoms with Gasteiger partial charge in [-0.1, -0.05) is 24.6 Å². The highest BCUT2D eigenvalue weighted by Crippen LogP contribution is 2.54. The molecule has 0 spiro atoms. The Balaban J connectivity index is 1.98. The number of aliphatic hydroxyl groups is 1. The molecule has 0 bridgehead atoms. The van der Waals surface area contributed by atoms with Crippen molar-refractivity contribution in [3.63, 3.8) is 0 Å². The van der Waals surface area contributed by atoms with Gasteiger partial charge in [-0.15, -0.1) is 0 Å². The summed E-state index contributed by atoms with van der Waals surface area (Å²) in [6, 6.07) is 0. The van der Waals surface area contributed by atoms with E-state index in [9.17, 15) is 9.90 Å². The van der Waals surface area contributed by atoms with Crippen LogP contribution in [0.4, 0.5) is 0 Å². The lowest BCUT2D eigenvalue weighted by Crippen LogP contribution is -2.41. The molecule has 3 heteroatoms. The number of esters is 1. The van der Waals surface area contributed by atoms with E-state index in [0.717, 1.165) is 25.7 Å². The highest BCUT2D eigenvalue weighted by Gasteiger charge is 2.50. The molecule has 0 radical (unpaired) electrons. The minimum absolute atomic E-state index is 0.00613. The van der Waals surface area contributed by atoms with Gasteiger partial charge in [0.1, 0.15) is 6.10 Å². The van der Waals surface area contributed by atoms with Gasteiger partial charge in [-0.2, -0.15) is 0 Å². The summed E-state index contributed by atoms with van der Waals surface area (Å²) in [5, 5.41) is 9.97. The Morgan fingerprint density at radius 2 is 2.11 bits per heavy atom. The number of rotatable bonds is 0. The van der Waals surface area contributed by atoms with Crippen LogP contribution in [-0.4, -0.2) is 23.3 Å². The molecule has 0 unspecified atom stereocenters. The molecule has 3 rings (SSSR count). The van der Waals surface area contributed by atoms with Crippen LogP contribution in [-0.2, 0) is 9.53 Å². The largest absolute Gasteiger partial charge is 0.458 e. The lowest BCUT2D eigenvalue weighted by Gasteiger charge is -2.46. The Labute approximate surface area is 108 Å². The molecule has 98 valence electrons. The van der Waals surface area contributed by atoms with E-state index < -0.39 is 0 Å². The zero-order chi connectivity index (χ0) is 13.1. The number of carbonyl (C=O) groups is 1. The number of ether oxygens (including phenoxy) is 1.